The molecule has 0 bridgehead atoms. The molecule has 0 radical (unpaired) electrons. The van der Waals surface area contributed by atoms with Gasteiger partial charge in [-0.3, -0.25) is 4.79 Å². The fourth-order valence-corrected chi connectivity index (χ4v) is 2.76. The van der Waals surface area contributed by atoms with E-state index < -0.39 is 0 Å². The Morgan fingerprint density at radius 3 is 3.28 bits per heavy atom. The Hall–Kier alpha value is -1.60. The smallest absolute Gasteiger partial charge is 0.295 e. The zero-order valence-electron chi connectivity index (χ0n) is 10.1. The molecule has 2 heterocycles. The molecule has 2 aliphatic rings. The van der Waals surface area contributed by atoms with Crippen molar-refractivity contribution in [2.45, 2.75) is 24.6 Å². The topological polar surface area (TPSA) is 102 Å². The van der Waals surface area contributed by atoms with Crippen molar-refractivity contribution in [3.8, 4) is 5.75 Å². The molecule has 18 heavy (non-hydrogen) atoms. The molecule has 1 aliphatic heterocycles. The maximum absolute atomic E-state index is 11.5. The van der Waals surface area contributed by atoms with Gasteiger partial charge < -0.3 is 25.5 Å². The highest BCUT2D eigenvalue weighted by Gasteiger charge is 2.52. The van der Waals surface area contributed by atoms with Crippen molar-refractivity contribution in [1.82, 2.24) is 9.97 Å². The highest BCUT2D eigenvalue weighted by Crippen LogP contribution is 2.39. The number of nitrogens with two attached hydrogens (primary N) is 1. The highest BCUT2D eigenvalue weighted by atomic mass is 16.5. The van der Waals surface area contributed by atoms with Crippen molar-refractivity contribution in [3.05, 3.63) is 16.7 Å². The number of aromatic nitrogens is 2. The lowest BCUT2D eigenvalue weighted by atomic mass is 9.72. The van der Waals surface area contributed by atoms with E-state index in [0.29, 0.717) is 11.7 Å². The molecule has 1 aliphatic carbocycles. The molecule has 2 fully saturated rings. The van der Waals surface area contributed by atoms with Gasteiger partial charge in [0.25, 0.3) is 5.56 Å². The molecule has 0 spiro atoms. The number of nitrogens with zero attached hydrogens (tertiary/aromatic N) is 1. The molecule has 1 aromatic rings. The number of rotatable bonds is 3. The van der Waals surface area contributed by atoms with Gasteiger partial charge in [0.15, 0.2) is 5.82 Å². The van der Waals surface area contributed by atoms with E-state index >= 15 is 0 Å². The molecule has 98 valence electrons. The number of methoxy groups -OCH3 is 1. The van der Waals surface area contributed by atoms with E-state index in [4.69, 9.17) is 15.2 Å². The summed E-state index contributed by atoms with van der Waals surface area (Å²) in [5.74, 6) is 0.997. The van der Waals surface area contributed by atoms with E-state index in [0.717, 1.165) is 13.0 Å². The van der Waals surface area contributed by atoms with Gasteiger partial charge >= 0.3 is 0 Å². The van der Waals surface area contributed by atoms with Crippen LogP contribution in [0.1, 0.15) is 6.42 Å². The summed E-state index contributed by atoms with van der Waals surface area (Å²) in [5.41, 5.74) is 5.78. The lowest BCUT2D eigenvalue weighted by Crippen LogP contribution is -2.65. The second-order valence-corrected chi connectivity index (χ2v) is 4.65. The number of fused-ring (bicyclic) bond motifs is 1. The summed E-state index contributed by atoms with van der Waals surface area (Å²) < 4.78 is 10.7. The molecule has 1 saturated heterocycles. The second-order valence-electron chi connectivity index (χ2n) is 4.65. The van der Waals surface area contributed by atoms with Crippen molar-refractivity contribution in [3.63, 3.8) is 0 Å². The van der Waals surface area contributed by atoms with Crippen molar-refractivity contribution in [2.75, 3.05) is 19.0 Å². The molecule has 1 saturated carbocycles. The lowest BCUT2D eigenvalue weighted by molar-refractivity contribution is 0.00516. The Bertz CT molecular complexity index is 503. The standard InChI is InChI=1S/C11H16N4O3/c1-17-9-10(13-4-14-11(9)16)15-7-6(12)5-2-3-18-8(5)7/h4-8H,2-3,12H2,1H3,(H2,13,14,15,16). The quantitative estimate of drug-likeness (QED) is 0.657. The third-order valence-corrected chi connectivity index (χ3v) is 3.76. The largest absolute Gasteiger partial charge is 0.489 e. The first-order chi connectivity index (χ1) is 8.72. The molecule has 0 amide bonds. The van der Waals surface area contributed by atoms with Crippen LogP contribution in [0.2, 0.25) is 0 Å². The van der Waals surface area contributed by atoms with Crippen molar-refractivity contribution < 1.29 is 9.47 Å². The third-order valence-electron chi connectivity index (χ3n) is 3.76. The van der Waals surface area contributed by atoms with Gasteiger partial charge in [-0.05, 0) is 6.42 Å². The second kappa shape index (κ2) is 4.25. The van der Waals surface area contributed by atoms with Gasteiger partial charge in [0.1, 0.15) is 0 Å². The number of hydrogen-bond acceptors (Lipinski definition) is 6. The summed E-state index contributed by atoms with van der Waals surface area (Å²) in [4.78, 5) is 18.1. The van der Waals surface area contributed by atoms with Gasteiger partial charge in [0.2, 0.25) is 5.75 Å². The molecule has 3 rings (SSSR count). The van der Waals surface area contributed by atoms with Crippen LogP contribution in [0.5, 0.6) is 5.75 Å². The van der Waals surface area contributed by atoms with E-state index in [1.165, 1.54) is 13.4 Å². The summed E-state index contributed by atoms with van der Waals surface area (Å²) in [6.07, 6.45) is 2.46. The minimum atomic E-state index is -0.313. The van der Waals surface area contributed by atoms with Crippen molar-refractivity contribution in [2.24, 2.45) is 11.7 Å². The first-order valence-corrected chi connectivity index (χ1v) is 5.97. The molecular weight excluding hydrogens is 236 g/mol. The number of anilines is 1. The molecular formula is C11H16N4O3. The number of H-pyrrole nitrogens is 1. The van der Waals surface area contributed by atoms with Crippen LogP contribution in [0.3, 0.4) is 0 Å². The summed E-state index contributed by atoms with van der Waals surface area (Å²) in [6, 6.07) is 0.0176. The summed E-state index contributed by atoms with van der Waals surface area (Å²) in [5, 5.41) is 3.15. The van der Waals surface area contributed by atoms with E-state index in [2.05, 4.69) is 15.3 Å². The minimum absolute atomic E-state index is 0.0132. The maximum atomic E-state index is 11.5. The van der Waals surface area contributed by atoms with Crippen LogP contribution in [-0.2, 0) is 4.74 Å². The average molecular weight is 252 g/mol. The number of ether oxygens (including phenoxy) is 2. The van der Waals surface area contributed by atoms with Crippen LogP contribution in [0.25, 0.3) is 0 Å². The molecule has 4 unspecified atom stereocenters. The van der Waals surface area contributed by atoms with Gasteiger partial charge in [-0.1, -0.05) is 0 Å². The zero-order valence-corrected chi connectivity index (χ0v) is 10.1. The Balaban J connectivity index is 1.81. The van der Waals surface area contributed by atoms with Gasteiger partial charge in [-0.25, -0.2) is 4.98 Å². The van der Waals surface area contributed by atoms with Crippen LogP contribution in [0.15, 0.2) is 11.1 Å². The summed E-state index contributed by atoms with van der Waals surface area (Å²) in [6.45, 7) is 0.751. The van der Waals surface area contributed by atoms with E-state index in [1.54, 1.807) is 0 Å². The predicted octanol–water partition coefficient (Wildman–Crippen LogP) is -0.695. The molecule has 7 nitrogen and oxygen atoms in total. The Morgan fingerprint density at radius 2 is 2.50 bits per heavy atom. The summed E-state index contributed by atoms with van der Waals surface area (Å²) >= 11 is 0. The van der Waals surface area contributed by atoms with E-state index in [9.17, 15) is 4.79 Å². The highest BCUT2D eigenvalue weighted by molar-refractivity contribution is 5.50. The van der Waals surface area contributed by atoms with Crippen molar-refractivity contribution >= 4 is 5.82 Å². The third kappa shape index (κ3) is 1.58. The minimum Gasteiger partial charge on any atom is -0.489 e. The molecule has 7 heteroatoms. The summed E-state index contributed by atoms with van der Waals surface area (Å²) in [7, 11) is 1.44. The number of hydrogen-bond donors (Lipinski definition) is 3. The van der Waals surface area contributed by atoms with Crippen LogP contribution >= 0.6 is 0 Å². The molecule has 1 aromatic heterocycles. The number of aromatic amines is 1. The van der Waals surface area contributed by atoms with Gasteiger partial charge in [-0.15, -0.1) is 0 Å². The Labute approximate surface area is 104 Å². The lowest BCUT2D eigenvalue weighted by Gasteiger charge is -2.45. The fourth-order valence-electron chi connectivity index (χ4n) is 2.76. The Kier molecular flexibility index (Phi) is 2.71. The van der Waals surface area contributed by atoms with Gasteiger partial charge in [-0.2, -0.15) is 0 Å². The monoisotopic (exact) mass is 252 g/mol. The Morgan fingerprint density at radius 1 is 1.67 bits per heavy atom. The van der Waals surface area contributed by atoms with Crippen LogP contribution in [0.4, 0.5) is 5.82 Å². The number of nitrogens with one attached hydrogen (secondary N) is 2. The van der Waals surface area contributed by atoms with E-state index in [-0.39, 0.29) is 29.5 Å². The molecule has 4 N–H and O–H groups in total. The van der Waals surface area contributed by atoms with E-state index in [1.807, 2.05) is 0 Å². The average Bonchev–Trinajstić information content (AvgIpc) is 2.80. The SMILES string of the molecule is COc1c(NC2C(N)C3CCOC32)nc[nH]c1=O. The maximum Gasteiger partial charge on any atom is 0.295 e. The predicted molar refractivity (Wildman–Crippen MR) is 64.6 cm³/mol. The first-order valence-electron chi connectivity index (χ1n) is 5.97. The zero-order chi connectivity index (χ0) is 12.7. The van der Waals surface area contributed by atoms with Crippen molar-refractivity contribution in [1.29, 1.82) is 0 Å². The van der Waals surface area contributed by atoms with Crippen LogP contribution < -0.4 is 21.3 Å². The van der Waals surface area contributed by atoms with Gasteiger partial charge in [0.05, 0.1) is 25.6 Å². The normalized spacial score (nSPS) is 33.7. The van der Waals surface area contributed by atoms with Crippen LogP contribution in [0, 0.1) is 5.92 Å². The molecule has 0 aromatic carbocycles. The first kappa shape index (κ1) is 11.5. The fraction of sp³-hybridized carbons (Fsp3) is 0.636. The molecule has 4 atom stereocenters. The van der Waals surface area contributed by atoms with Gasteiger partial charge in [0, 0.05) is 18.6 Å². The van der Waals surface area contributed by atoms with Crippen LogP contribution in [-0.4, -0.2) is 41.9 Å².